The molecule has 1 unspecified atom stereocenters. The van der Waals surface area contributed by atoms with E-state index in [1.165, 1.54) is 11.9 Å². The summed E-state index contributed by atoms with van der Waals surface area (Å²) in [5, 5.41) is 2.99. The molecule has 0 bridgehead atoms. The van der Waals surface area contributed by atoms with E-state index < -0.39 is 52.5 Å². The molecule has 248 valence electrons. The summed E-state index contributed by atoms with van der Waals surface area (Å²) in [5.74, 6) is -1.35. The summed E-state index contributed by atoms with van der Waals surface area (Å²) in [6, 6.07) is 4.68. The number of nitrogens with zero attached hydrogens (tertiary/aromatic N) is 2. The molecule has 1 rings (SSSR count). The van der Waals surface area contributed by atoms with Crippen LogP contribution in [0.4, 0.5) is 10.5 Å². The van der Waals surface area contributed by atoms with Crippen LogP contribution in [0.2, 0.25) is 0 Å². The van der Waals surface area contributed by atoms with Gasteiger partial charge in [0.15, 0.2) is 0 Å². The number of ether oxygens (including phenoxy) is 2. The van der Waals surface area contributed by atoms with E-state index in [0.29, 0.717) is 11.3 Å². The average molecular weight is 617 g/mol. The Morgan fingerprint density at radius 2 is 1.55 bits per heavy atom. The molecule has 10 nitrogen and oxygen atoms in total. The third-order valence-electron chi connectivity index (χ3n) is 7.53. The van der Waals surface area contributed by atoms with Gasteiger partial charge in [-0.3, -0.25) is 14.5 Å². The first-order chi connectivity index (χ1) is 19.9. The van der Waals surface area contributed by atoms with Crippen molar-refractivity contribution in [3.63, 3.8) is 0 Å². The highest BCUT2D eigenvalue weighted by atomic mass is 16.6. The Labute approximate surface area is 264 Å². The number of hydrogen-bond acceptors (Lipinski definition) is 7. The van der Waals surface area contributed by atoms with Crippen molar-refractivity contribution in [2.75, 3.05) is 26.4 Å². The van der Waals surface area contributed by atoms with Gasteiger partial charge in [0.25, 0.3) is 0 Å². The SMILES string of the molecule is CCOC(=O)/C(C)=C/[C@H](C(C)C)N(C)C(=O)[C@@H](NC(=O)C(N(C)C(=O)OC(C)(C)C)C(C)(C)c1cccc(N)c1)C(C)(C)C. The van der Waals surface area contributed by atoms with Crippen LogP contribution in [0.5, 0.6) is 0 Å². The molecule has 0 radical (unpaired) electrons. The van der Waals surface area contributed by atoms with Gasteiger partial charge in [-0.25, -0.2) is 9.59 Å². The summed E-state index contributed by atoms with van der Waals surface area (Å²) in [4.78, 5) is 57.0. The van der Waals surface area contributed by atoms with Gasteiger partial charge in [-0.05, 0) is 63.6 Å². The summed E-state index contributed by atoms with van der Waals surface area (Å²) >= 11 is 0. The molecule has 3 amide bonds. The van der Waals surface area contributed by atoms with Crippen LogP contribution in [0.1, 0.15) is 88.6 Å². The van der Waals surface area contributed by atoms with Crippen molar-refractivity contribution in [3.05, 3.63) is 41.5 Å². The van der Waals surface area contributed by atoms with Gasteiger partial charge in [0.1, 0.15) is 17.7 Å². The Morgan fingerprint density at radius 3 is 2.00 bits per heavy atom. The number of hydrogen-bond donors (Lipinski definition) is 2. The van der Waals surface area contributed by atoms with Crippen molar-refractivity contribution >= 4 is 29.6 Å². The van der Waals surface area contributed by atoms with Crippen LogP contribution in [0.25, 0.3) is 0 Å². The number of likely N-dealkylation sites (N-methyl/N-ethyl adjacent to an activating group) is 2. The number of benzene rings is 1. The maximum atomic E-state index is 14.4. The third kappa shape index (κ3) is 10.3. The van der Waals surface area contributed by atoms with E-state index in [-0.39, 0.29) is 18.4 Å². The van der Waals surface area contributed by atoms with Crippen LogP contribution in [0.15, 0.2) is 35.9 Å². The molecule has 0 aliphatic heterocycles. The van der Waals surface area contributed by atoms with Crippen molar-refractivity contribution in [1.29, 1.82) is 0 Å². The van der Waals surface area contributed by atoms with E-state index in [9.17, 15) is 19.2 Å². The number of carbonyl (C=O) groups is 4. The summed E-state index contributed by atoms with van der Waals surface area (Å²) < 4.78 is 10.8. The third-order valence-corrected chi connectivity index (χ3v) is 7.53. The summed E-state index contributed by atoms with van der Waals surface area (Å²) in [6.07, 6.45) is 1.05. The molecule has 3 atom stereocenters. The zero-order valence-electron chi connectivity index (χ0n) is 29.3. The van der Waals surface area contributed by atoms with Crippen LogP contribution in [0, 0.1) is 11.3 Å². The molecule has 0 spiro atoms. The minimum atomic E-state index is -1.08. The molecule has 0 saturated carbocycles. The summed E-state index contributed by atoms with van der Waals surface area (Å²) in [7, 11) is 3.18. The number of nitrogens with two attached hydrogens (primary N) is 1. The van der Waals surface area contributed by atoms with Gasteiger partial charge >= 0.3 is 12.1 Å². The van der Waals surface area contributed by atoms with Crippen LogP contribution in [-0.4, -0.2) is 78.1 Å². The zero-order chi connectivity index (χ0) is 34.4. The number of rotatable bonds is 11. The monoisotopic (exact) mass is 616 g/mol. The average Bonchev–Trinajstić information content (AvgIpc) is 2.87. The number of carbonyl (C=O) groups excluding carboxylic acids is 4. The molecular weight excluding hydrogens is 560 g/mol. The standard InChI is InChI=1S/C34H56N4O6/c1-15-43-30(41)22(4)19-25(21(2)3)37(13)29(40)26(32(5,6)7)36-28(39)27(38(14)31(42)44-33(8,9)10)34(11,12)23-17-16-18-24(35)20-23/h16-21,25-27H,15,35H2,1-14H3,(H,36,39)/b22-19+/t25-,26-,27?/m1/s1. The molecule has 3 N–H and O–H groups in total. The van der Waals surface area contributed by atoms with E-state index >= 15 is 0 Å². The zero-order valence-corrected chi connectivity index (χ0v) is 29.3. The largest absolute Gasteiger partial charge is 0.463 e. The molecular formula is C34H56N4O6. The molecule has 0 heterocycles. The minimum absolute atomic E-state index is 0.0434. The highest BCUT2D eigenvalue weighted by molar-refractivity contribution is 5.93. The lowest BCUT2D eigenvalue weighted by atomic mass is 9.76. The normalized spacial score (nSPS) is 14.8. The Kier molecular flexibility index (Phi) is 13.1. The predicted molar refractivity (Wildman–Crippen MR) is 175 cm³/mol. The molecule has 0 aliphatic rings. The second-order valence-corrected chi connectivity index (χ2v) is 14.4. The van der Waals surface area contributed by atoms with Gasteiger partial charge in [-0.15, -0.1) is 0 Å². The molecule has 1 aromatic carbocycles. The Hall–Kier alpha value is -3.56. The highest BCUT2D eigenvalue weighted by Gasteiger charge is 2.46. The van der Waals surface area contributed by atoms with Crippen molar-refractivity contribution in [2.45, 2.75) is 112 Å². The molecule has 1 aromatic rings. The van der Waals surface area contributed by atoms with Crippen LogP contribution >= 0.6 is 0 Å². The molecule has 44 heavy (non-hydrogen) atoms. The Balaban J connectivity index is 3.63. The van der Waals surface area contributed by atoms with Crippen LogP contribution in [-0.2, 0) is 29.3 Å². The van der Waals surface area contributed by atoms with Crippen LogP contribution in [0.3, 0.4) is 0 Å². The van der Waals surface area contributed by atoms with E-state index in [0.717, 1.165) is 5.56 Å². The molecule has 0 aromatic heterocycles. The molecule has 0 saturated heterocycles. The number of nitrogens with one attached hydrogen (secondary N) is 1. The lowest BCUT2D eigenvalue weighted by Gasteiger charge is -2.42. The number of nitrogen functional groups attached to an aromatic ring is 1. The van der Waals surface area contributed by atoms with Crippen molar-refractivity contribution in [1.82, 2.24) is 15.1 Å². The fraction of sp³-hybridized carbons (Fsp3) is 0.647. The van der Waals surface area contributed by atoms with Crippen molar-refractivity contribution < 1.29 is 28.7 Å². The predicted octanol–water partition coefficient (Wildman–Crippen LogP) is 5.31. The first kappa shape index (κ1) is 38.5. The molecule has 10 heteroatoms. The van der Waals surface area contributed by atoms with Crippen LogP contribution < -0.4 is 11.1 Å². The second kappa shape index (κ2) is 14.9. The summed E-state index contributed by atoms with van der Waals surface area (Å²) in [5.41, 5.74) is 5.30. The molecule has 0 aliphatic carbocycles. The quantitative estimate of drug-likeness (QED) is 0.196. The van der Waals surface area contributed by atoms with Gasteiger partial charge in [0.05, 0.1) is 12.6 Å². The maximum absolute atomic E-state index is 14.4. The highest BCUT2D eigenvalue weighted by Crippen LogP contribution is 2.33. The second-order valence-electron chi connectivity index (χ2n) is 14.4. The fourth-order valence-electron chi connectivity index (χ4n) is 5.07. The van der Waals surface area contributed by atoms with Crippen molar-refractivity contribution in [3.8, 4) is 0 Å². The van der Waals surface area contributed by atoms with E-state index in [1.54, 1.807) is 70.8 Å². The topological polar surface area (TPSA) is 131 Å². The minimum Gasteiger partial charge on any atom is -0.463 e. The first-order valence-corrected chi connectivity index (χ1v) is 15.2. The van der Waals surface area contributed by atoms with Gasteiger partial charge in [-0.2, -0.15) is 0 Å². The molecule has 0 fully saturated rings. The summed E-state index contributed by atoms with van der Waals surface area (Å²) in [6.45, 7) is 22.1. The lowest BCUT2D eigenvalue weighted by molar-refractivity contribution is -0.142. The maximum Gasteiger partial charge on any atom is 0.410 e. The number of esters is 1. The van der Waals surface area contributed by atoms with E-state index in [4.69, 9.17) is 15.2 Å². The van der Waals surface area contributed by atoms with E-state index in [2.05, 4.69) is 5.32 Å². The number of amides is 3. The van der Waals surface area contributed by atoms with E-state index in [1.807, 2.05) is 54.5 Å². The smallest absolute Gasteiger partial charge is 0.410 e. The Bertz CT molecular complexity index is 1210. The Morgan fingerprint density at radius 1 is 0.977 bits per heavy atom. The lowest BCUT2D eigenvalue weighted by Crippen LogP contribution is -2.63. The van der Waals surface area contributed by atoms with Gasteiger partial charge in [0, 0.05) is 30.8 Å². The van der Waals surface area contributed by atoms with Gasteiger partial charge < -0.3 is 25.4 Å². The van der Waals surface area contributed by atoms with Gasteiger partial charge in [0.2, 0.25) is 11.8 Å². The fourth-order valence-corrected chi connectivity index (χ4v) is 5.07. The van der Waals surface area contributed by atoms with Crippen molar-refractivity contribution in [2.24, 2.45) is 11.3 Å². The first-order valence-electron chi connectivity index (χ1n) is 15.2. The van der Waals surface area contributed by atoms with Gasteiger partial charge in [-0.1, -0.05) is 66.7 Å². The number of anilines is 1.